The largest absolute Gasteiger partial charge is 0.490 e. The number of hydrogen-bond donors (Lipinski definition) is 0. The molecule has 0 atom stereocenters. The van der Waals surface area contributed by atoms with Crippen LogP contribution in [0.3, 0.4) is 0 Å². The van der Waals surface area contributed by atoms with Crippen LogP contribution in [-0.2, 0) is 22.7 Å². The van der Waals surface area contributed by atoms with Crippen LogP contribution in [0.15, 0.2) is 68.4 Å². The molecule has 10 heteroatoms. The van der Waals surface area contributed by atoms with Crippen molar-refractivity contribution in [3.05, 3.63) is 86.6 Å². The van der Waals surface area contributed by atoms with Crippen LogP contribution >= 0.6 is 27.7 Å². The summed E-state index contributed by atoms with van der Waals surface area (Å²) in [4.78, 5) is 38.3. The van der Waals surface area contributed by atoms with E-state index in [2.05, 4.69) is 20.7 Å². The molecule has 1 fully saturated rings. The highest BCUT2D eigenvalue weighted by atomic mass is 79.9. The molecule has 186 valence electrons. The lowest BCUT2D eigenvalue weighted by atomic mass is 10.1. The van der Waals surface area contributed by atoms with Crippen LogP contribution < -0.4 is 9.47 Å². The van der Waals surface area contributed by atoms with Crippen LogP contribution in [0.2, 0.25) is 0 Å². The average molecular weight is 572 g/mol. The minimum absolute atomic E-state index is 0.000843. The van der Waals surface area contributed by atoms with Crippen LogP contribution in [0, 0.1) is 0 Å². The first kappa shape index (κ1) is 25.6. The molecule has 4 rings (SSSR count). The number of hydrogen-bond acceptors (Lipinski definition) is 8. The lowest BCUT2D eigenvalue weighted by molar-refractivity contribution is -0.123. The van der Waals surface area contributed by atoms with E-state index < -0.39 is 17.1 Å². The molecule has 1 saturated heterocycles. The maximum Gasteiger partial charge on any atom is 0.373 e. The molecule has 0 aliphatic carbocycles. The van der Waals surface area contributed by atoms with E-state index in [1.807, 2.05) is 31.2 Å². The van der Waals surface area contributed by atoms with E-state index in [-0.39, 0.29) is 17.2 Å². The summed E-state index contributed by atoms with van der Waals surface area (Å²) in [6.07, 6.45) is 1.63. The van der Waals surface area contributed by atoms with E-state index in [0.717, 1.165) is 26.7 Å². The summed E-state index contributed by atoms with van der Waals surface area (Å²) in [6, 6.07) is 16.1. The van der Waals surface area contributed by atoms with Crippen molar-refractivity contribution in [2.45, 2.75) is 20.1 Å². The Bertz CT molecular complexity index is 1320. The van der Waals surface area contributed by atoms with Crippen LogP contribution in [0.1, 0.15) is 34.4 Å². The highest BCUT2D eigenvalue weighted by Crippen LogP contribution is 2.36. The fourth-order valence-corrected chi connectivity index (χ4v) is 4.46. The second kappa shape index (κ2) is 11.5. The first-order chi connectivity index (χ1) is 17.4. The van der Waals surface area contributed by atoms with E-state index in [1.165, 1.54) is 19.2 Å². The van der Waals surface area contributed by atoms with Gasteiger partial charge in [0, 0.05) is 4.47 Å². The van der Waals surface area contributed by atoms with Crippen molar-refractivity contribution in [3.63, 3.8) is 0 Å². The van der Waals surface area contributed by atoms with Gasteiger partial charge in [0.25, 0.3) is 11.1 Å². The minimum atomic E-state index is -0.635. The van der Waals surface area contributed by atoms with Crippen molar-refractivity contribution in [1.29, 1.82) is 0 Å². The number of thioether (sulfide) groups is 1. The molecule has 2 amide bonds. The monoisotopic (exact) mass is 571 g/mol. The molecule has 0 unspecified atom stereocenters. The van der Waals surface area contributed by atoms with Gasteiger partial charge in [0.05, 0.1) is 25.2 Å². The highest BCUT2D eigenvalue weighted by Gasteiger charge is 2.35. The number of amides is 2. The van der Waals surface area contributed by atoms with E-state index in [1.54, 1.807) is 24.3 Å². The molecule has 8 nitrogen and oxygen atoms in total. The number of carbonyl (C=O) groups excluding carboxylic acids is 3. The molecule has 3 aromatic rings. The van der Waals surface area contributed by atoms with Gasteiger partial charge in [-0.05, 0) is 72.3 Å². The average Bonchev–Trinajstić information content (AvgIpc) is 3.45. The Hall–Kier alpha value is -3.50. The Morgan fingerprint density at radius 3 is 2.56 bits per heavy atom. The van der Waals surface area contributed by atoms with Crippen molar-refractivity contribution < 1.29 is 33.0 Å². The Morgan fingerprint density at radius 2 is 1.83 bits per heavy atom. The van der Waals surface area contributed by atoms with E-state index >= 15 is 0 Å². The van der Waals surface area contributed by atoms with Gasteiger partial charge in [0.2, 0.25) is 5.76 Å². The first-order valence-electron chi connectivity index (χ1n) is 10.9. The number of ether oxygens (including phenoxy) is 3. The Balaban J connectivity index is 1.48. The summed E-state index contributed by atoms with van der Waals surface area (Å²) in [5.74, 6) is 0.322. The number of benzene rings is 2. The molecule has 1 aromatic heterocycles. The fraction of sp³-hybridized carbons (Fsp3) is 0.192. The maximum atomic E-state index is 12.9. The molecule has 0 spiro atoms. The van der Waals surface area contributed by atoms with Gasteiger partial charge in [-0.1, -0.05) is 34.1 Å². The predicted molar refractivity (Wildman–Crippen MR) is 138 cm³/mol. The van der Waals surface area contributed by atoms with Gasteiger partial charge in [-0.3, -0.25) is 14.5 Å². The van der Waals surface area contributed by atoms with Gasteiger partial charge in [0.1, 0.15) is 12.4 Å². The molecule has 1 aliphatic rings. The quantitative estimate of drug-likeness (QED) is 0.226. The number of furan rings is 1. The molecule has 2 aromatic carbocycles. The van der Waals surface area contributed by atoms with Crippen molar-refractivity contribution in [2.24, 2.45) is 0 Å². The number of halogens is 1. The zero-order valence-electron chi connectivity index (χ0n) is 19.5. The summed E-state index contributed by atoms with van der Waals surface area (Å²) in [7, 11) is 1.24. The van der Waals surface area contributed by atoms with Crippen molar-refractivity contribution in [2.75, 3.05) is 13.7 Å². The molecule has 0 saturated carbocycles. The summed E-state index contributed by atoms with van der Waals surface area (Å²) in [5, 5.41) is -0.429. The van der Waals surface area contributed by atoms with E-state index in [9.17, 15) is 14.4 Å². The number of imide groups is 1. The van der Waals surface area contributed by atoms with Crippen LogP contribution in [0.5, 0.6) is 11.5 Å². The third kappa shape index (κ3) is 6.00. The number of esters is 1. The standard InChI is InChI=1S/C26H22BrNO7S/c1-3-33-22-12-17(6-10-20(22)34-15-16-4-7-18(27)8-5-16)13-23-24(29)28(26(31)36-23)14-19-9-11-21(35-19)25(30)32-2/h4-13H,3,14-15H2,1-2H3/b23-13+. The molecule has 0 radical (unpaired) electrons. The topological polar surface area (TPSA) is 95.3 Å². The minimum Gasteiger partial charge on any atom is -0.490 e. The Morgan fingerprint density at radius 1 is 1.06 bits per heavy atom. The second-order valence-corrected chi connectivity index (χ2v) is 9.49. The van der Waals surface area contributed by atoms with Gasteiger partial charge >= 0.3 is 5.97 Å². The predicted octanol–water partition coefficient (Wildman–Crippen LogP) is 6.04. The summed E-state index contributed by atoms with van der Waals surface area (Å²) < 4.78 is 22.7. The normalized spacial score (nSPS) is 14.4. The Kier molecular flexibility index (Phi) is 8.17. The third-order valence-electron chi connectivity index (χ3n) is 5.11. The van der Waals surface area contributed by atoms with Crippen LogP contribution in [-0.4, -0.2) is 35.7 Å². The number of methoxy groups -OCH3 is 1. The number of rotatable bonds is 9. The van der Waals surface area contributed by atoms with E-state index in [4.69, 9.17) is 13.9 Å². The molecular formula is C26H22BrNO7S. The molecule has 0 bridgehead atoms. The lowest BCUT2D eigenvalue weighted by Gasteiger charge is -2.13. The summed E-state index contributed by atoms with van der Waals surface area (Å²) in [5.41, 5.74) is 1.69. The molecular weight excluding hydrogens is 550 g/mol. The summed E-state index contributed by atoms with van der Waals surface area (Å²) >= 11 is 4.25. The molecule has 0 N–H and O–H groups in total. The molecule has 1 aliphatic heterocycles. The summed E-state index contributed by atoms with van der Waals surface area (Å²) in [6.45, 7) is 2.59. The Labute approximate surface area is 220 Å². The van der Waals surface area contributed by atoms with Gasteiger partial charge in [-0.15, -0.1) is 0 Å². The van der Waals surface area contributed by atoms with Crippen LogP contribution in [0.25, 0.3) is 6.08 Å². The van der Waals surface area contributed by atoms with Gasteiger partial charge in [-0.2, -0.15) is 0 Å². The van der Waals surface area contributed by atoms with Crippen LogP contribution in [0.4, 0.5) is 4.79 Å². The number of nitrogens with zero attached hydrogens (tertiary/aromatic N) is 1. The highest BCUT2D eigenvalue weighted by molar-refractivity contribution is 9.10. The zero-order valence-corrected chi connectivity index (χ0v) is 21.9. The first-order valence-corrected chi connectivity index (χ1v) is 12.6. The maximum absolute atomic E-state index is 12.9. The van der Waals surface area contributed by atoms with Crippen molar-refractivity contribution in [3.8, 4) is 11.5 Å². The third-order valence-corrected chi connectivity index (χ3v) is 6.54. The number of carbonyl (C=O) groups is 3. The van der Waals surface area contributed by atoms with Crippen molar-refractivity contribution >= 4 is 50.9 Å². The zero-order chi connectivity index (χ0) is 25.7. The smallest absolute Gasteiger partial charge is 0.373 e. The lowest BCUT2D eigenvalue weighted by Crippen LogP contribution is -2.27. The molecule has 2 heterocycles. The fourth-order valence-electron chi connectivity index (χ4n) is 3.36. The van der Waals surface area contributed by atoms with Gasteiger partial charge in [0.15, 0.2) is 11.5 Å². The van der Waals surface area contributed by atoms with Crippen molar-refractivity contribution in [1.82, 2.24) is 4.90 Å². The second-order valence-electron chi connectivity index (χ2n) is 7.58. The van der Waals surface area contributed by atoms with Gasteiger partial charge in [-0.25, -0.2) is 4.79 Å². The van der Waals surface area contributed by atoms with Gasteiger partial charge < -0.3 is 18.6 Å². The SMILES string of the molecule is CCOc1cc(/C=C2/SC(=O)N(Cc3ccc(C(=O)OC)o3)C2=O)ccc1OCc1ccc(Br)cc1. The molecule has 36 heavy (non-hydrogen) atoms. The van der Waals surface area contributed by atoms with E-state index in [0.29, 0.717) is 36.0 Å².